The lowest BCUT2D eigenvalue weighted by molar-refractivity contribution is 0.297. The zero-order valence-electron chi connectivity index (χ0n) is 11.1. The van der Waals surface area contributed by atoms with E-state index in [1.54, 1.807) is 6.07 Å². The zero-order chi connectivity index (χ0) is 14.0. The van der Waals surface area contributed by atoms with Crippen LogP contribution in [0, 0.1) is 13.8 Å². The van der Waals surface area contributed by atoms with Crippen molar-refractivity contribution >= 4 is 0 Å². The largest absolute Gasteiger partial charge is 0.508 e. The fraction of sp³-hybridized carbons (Fsp3) is 0.250. The second kappa shape index (κ2) is 5.33. The third-order valence-electron chi connectivity index (χ3n) is 3.29. The van der Waals surface area contributed by atoms with Crippen LogP contribution >= 0.6 is 0 Å². The topological polar surface area (TPSA) is 60.7 Å². The standard InChI is InChI=1S/C16H18O3/c1-10-7-14(8-11(2)16(10)19)12-3-4-15(18)13(9-12)5-6-17/h3-4,7-9,17-19H,5-6H2,1-2H3. The lowest BCUT2D eigenvalue weighted by Gasteiger charge is -2.10. The van der Waals surface area contributed by atoms with E-state index in [9.17, 15) is 10.2 Å². The summed E-state index contributed by atoms with van der Waals surface area (Å²) in [5.74, 6) is 0.517. The van der Waals surface area contributed by atoms with E-state index in [1.165, 1.54) is 0 Å². The van der Waals surface area contributed by atoms with E-state index < -0.39 is 0 Å². The molecule has 0 radical (unpaired) electrons. The smallest absolute Gasteiger partial charge is 0.121 e. The van der Waals surface area contributed by atoms with E-state index in [1.807, 2.05) is 38.1 Å². The number of aliphatic hydroxyl groups is 1. The van der Waals surface area contributed by atoms with E-state index in [0.29, 0.717) is 12.2 Å². The molecule has 0 heterocycles. The Bertz CT molecular complexity index is 580. The van der Waals surface area contributed by atoms with Gasteiger partial charge in [0.15, 0.2) is 0 Å². The predicted molar refractivity (Wildman–Crippen MR) is 75.5 cm³/mol. The van der Waals surface area contributed by atoms with Crippen molar-refractivity contribution < 1.29 is 15.3 Å². The van der Waals surface area contributed by atoms with Crippen LogP contribution in [0.4, 0.5) is 0 Å². The van der Waals surface area contributed by atoms with E-state index in [-0.39, 0.29) is 12.4 Å². The second-order valence-corrected chi connectivity index (χ2v) is 4.78. The number of benzene rings is 2. The molecule has 0 saturated carbocycles. The minimum Gasteiger partial charge on any atom is -0.508 e. The Hall–Kier alpha value is -2.00. The fourth-order valence-electron chi connectivity index (χ4n) is 2.21. The van der Waals surface area contributed by atoms with Crippen LogP contribution in [0.2, 0.25) is 0 Å². The first-order valence-electron chi connectivity index (χ1n) is 6.26. The van der Waals surface area contributed by atoms with Gasteiger partial charge in [0.2, 0.25) is 0 Å². The lowest BCUT2D eigenvalue weighted by atomic mass is 9.97. The van der Waals surface area contributed by atoms with E-state index >= 15 is 0 Å². The van der Waals surface area contributed by atoms with Crippen LogP contribution < -0.4 is 0 Å². The van der Waals surface area contributed by atoms with E-state index in [0.717, 1.165) is 27.8 Å². The van der Waals surface area contributed by atoms with Crippen molar-refractivity contribution in [3.63, 3.8) is 0 Å². The summed E-state index contributed by atoms with van der Waals surface area (Å²) in [6.07, 6.45) is 0.426. The molecule has 0 fully saturated rings. The van der Waals surface area contributed by atoms with Gasteiger partial charge in [0.25, 0.3) is 0 Å². The number of aryl methyl sites for hydroxylation is 2. The summed E-state index contributed by atoms with van der Waals surface area (Å²) in [5.41, 5.74) is 4.33. The van der Waals surface area contributed by atoms with Crippen molar-refractivity contribution in [2.75, 3.05) is 6.61 Å². The van der Waals surface area contributed by atoms with Gasteiger partial charge < -0.3 is 15.3 Å². The maximum atomic E-state index is 9.79. The number of hydrogen-bond acceptors (Lipinski definition) is 3. The number of phenolic OH excluding ortho intramolecular Hbond substituents is 2. The first-order chi connectivity index (χ1) is 9.02. The maximum absolute atomic E-state index is 9.79. The number of aliphatic hydroxyl groups excluding tert-OH is 1. The molecule has 19 heavy (non-hydrogen) atoms. The second-order valence-electron chi connectivity index (χ2n) is 4.78. The van der Waals surface area contributed by atoms with Crippen LogP contribution in [0.25, 0.3) is 11.1 Å². The van der Waals surface area contributed by atoms with Gasteiger partial charge in [-0.15, -0.1) is 0 Å². The molecule has 0 bridgehead atoms. The molecule has 2 aromatic carbocycles. The third kappa shape index (κ3) is 2.71. The van der Waals surface area contributed by atoms with Gasteiger partial charge in [0.05, 0.1) is 0 Å². The summed E-state index contributed by atoms with van der Waals surface area (Å²) in [4.78, 5) is 0. The summed E-state index contributed by atoms with van der Waals surface area (Å²) in [6.45, 7) is 3.73. The van der Waals surface area contributed by atoms with Crippen LogP contribution in [0.5, 0.6) is 11.5 Å². The van der Waals surface area contributed by atoms with Gasteiger partial charge in [-0.25, -0.2) is 0 Å². The first-order valence-corrected chi connectivity index (χ1v) is 6.26. The third-order valence-corrected chi connectivity index (χ3v) is 3.29. The summed E-state index contributed by atoms with van der Waals surface area (Å²) < 4.78 is 0. The average Bonchev–Trinajstić information content (AvgIpc) is 2.38. The lowest BCUT2D eigenvalue weighted by Crippen LogP contribution is -1.92. The Labute approximate surface area is 112 Å². The molecule has 0 amide bonds. The van der Waals surface area contributed by atoms with Crippen molar-refractivity contribution in [2.24, 2.45) is 0 Å². The molecule has 0 aliphatic carbocycles. The Morgan fingerprint density at radius 3 is 2.11 bits per heavy atom. The SMILES string of the molecule is Cc1cc(-c2ccc(O)c(CCO)c2)cc(C)c1O. The number of phenols is 2. The van der Waals surface area contributed by atoms with Crippen LogP contribution in [0.3, 0.4) is 0 Å². The van der Waals surface area contributed by atoms with E-state index in [2.05, 4.69) is 0 Å². The number of hydrogen-bond donors (Lipinski definition) is 3. The molecule has 0 spiro atoms. The molecule has 3 heteroatoms. The zero-order valence-corrected chi connectivity index (χ0v) is 11.1. The van der Waals surface area contributed by atoms with Crippen molar-refractivity contribution in [2.45, 2.75) is 20.3 Å². The Balaban J connectivity index is 2.50. The molecule has 0 aromatic heterocycles. The molecule has 0 unspecified atom stereocenters. The Morgan fingerprint density at radius 2 is 1.53 bits per heavy atom. The summed E-state index contributed by atoms with van der Waals surface area (Å²) in [5, 5.41) is 28.5. The van der Waals surface area contributed by atoms with Crippen LogP contribution in [0.1, 0.15) is 16.7 Å². The highest BCUT2D eigenvalue weighted by atomic mass is 16.3. The van der Waals surface area contributed by atoms with Gasteiger partial charge in [-0.05, 0) is 72.4 Å². The minimum absolute atomic E-state index is 0.00461. The highest BCUT2D eigenvalue weighted by molar-refractivity contribution is 5.68. The highest BCUT2D eigenvalue weighted by Gasteiger charge is 2.08. The van der Waals surface area contributed by atoms with Crippen LogP contribution in [0.15, 0.2) is 30.3 Å². The molecule has 100 valence electrons. The number of rotatable bonds is 3. The van der Waals surface area contributed by atoms with E-state index in [4.69, 9.17) is 5.11 Å². The maximum Gasteiger partial charge on any atom is 0.121 e. The summed E-state index contributed by atoms with van der Waals surface area (Å²) in [7, 11) is 0. The molecule has 0 aliphatic heterocycles. The van der Waals surface area contributed by atoms with Crippen molar-refractivity contribution in [1.29, 1.82) is 0 Å². The molecular weight excluding hydrogens is 240 g/mol. The molecule has 2 rings (SSSR count). The van der Waals surface area contributed by atoms with Gasteiger partial charge in [-0.1, -0.05) is 6.07 Å². The monoisotopic (exact) mass is 258 g/mol. The molecule has 3 nitrogen and oxygen atoms in total. The van der Waals surface area contributed by atoms with Gasteiger partial charge >= 0.3 is 0 Å². The van der Waals surface area contributed by atoms with Crippen molar-refractivity contribution in [1.82, 2.24) is 0 Å². The summed E-state index contributed by atoms with van der Waals surface area (Å²) in [6, 6.07) is 9.17. The molecule has 2 aromatic rings. The number of aromatic hydroxyl groups is 2. The fourth-order valence-corrected chi connectivity index (χ4v) is 2.21. The molecule has 0 saturated heterocycles. The molecule has 0 aliphatic rings. The van der Waals surface area contributed by atoms with Crippen LogP contribution in [-0.4, -0.2) is 21.9 Å². The molecule has 0 atom stereocenters. The van der Waals surface area contributed by atoms with Gasteiger partial charge in [-0.3, -0.25) is 0 Å². The average molecular weight is 258 g/mol. The highest BCUT2D eigenvalue weighted by Crippen LogP contribution is 2.31. The predicted octanol–water partition coefficient (Wildman–Crippen LogP) is 2.92. The van der Waals surface area contributed by atoms with Crippen molar-refractivity contribution in [3.05, 3.63) is 47.0 Å². The minimum atomic E-state index is 0.00461. The van der Waals surface area contributed by atoms with Crippen LogP contribution in [-0.2, 0) is 6.42 Å². The summed E-state index contributed by atoms with van der Waals surface area (Å²) >= 11 is 0. The normalized spacial score (nSPS) is 10.7. The quantitative estimate of drug-likeness (QED) is 0.793. The van der Waals surface area contributed by atoms with Gasteiger partial charge in [0.1, 0.15) is 11.5 Å². The molecular formula is C16H18O3. The van der Waals surface area contributed by atoms with Gasteiger partial charge in [0, 0.05) is 6.61 Å². The first kappa shape index (κ1) is 13.4. The van der Waals surface area contributed by atoms with Crippen molar-refractivity contribution in [3.8, 4) is 22.6 Å². The van der Waals surface area contributed by atoms with Gasteiger partial charge in [-0.2, -0.15) is 0 Å². The Morgan fingerprint density at radius 1 is 0.895 bits per heavy atom. The molecule has 3 N–H and O–H groups in total. The Kier molecular flexibility index (Phi) is 3.76.